The van der Waals surface area contributed by atoms with Gasteiger partial charge in [-0.15, -0.1) is 0 Å². The van der Waals surface area contributed by atoms with Gasteiger partial charge >= 0.3 is 0 Å². The predicted molar refractivity (Wildman–Crippen MR) is 63.3 cm³/mol. The Balaban J connectivity index is 2.14. The predicted octanol–water partition coefficient (Wildman–Crippen LogP) is 0.526. The van der Waals surface area contributed by atoms with Gasteiger partial charge in [0, 0.05) is 37.6 Å². The van der Waals surface area contributed by atoms with Crippen LogP contribution in [0.4, 0.5) is 5.82 Å². The molecule has 0 saturated carbocycles. The van der Waals surface area contributed by atoms with Crippen LogP contribution in [0.25, 0.3) is 0 Å². The molecule has 0 saturated heterocycles. The highest BCUT2D eigenvalue weighted by Crippen LogP contribution is 2.06. The van der Waals surface area contributed by atoms with Crippen LogP contribution >= 0.6 is 0 Å². The maximum absolute atomic E-state index is 11.9. The average molecular weight is 231 g/mol. The van der Waals surface area contributed by atoms with E-state index in [9.17, 15) is 4.79 Å². The van der Waals surface area contributed by atoms with Crippen LogP contribution in [0.5, 0.6) is 0 Å². The number of nitrogens with one attached hydrogen (secondary N) is 1. The fourth-order valence-corrected chi connectivity index (χ4v) is 1.40. The van der Waals surface area contributed by atoms with Gasteiger partial charge in [0.15, 0.2) is 5.82 Å². The summed E-state index contributed by atoms with van der Waals surface area (Å²) in [7, 11) is 1.79. The van der Waals surface area contributed by atoms with Crippen molar-refractivity contribution >= 4 is 11.7 Å². The molecule has 0 fully saturated rings. The van der Waals surface area contributed by atoms with E-state index >= 15 is 0 Å². The zero-order valence-electron chi connectivity index (χ0n) is 9.42. The first-order chi connectivity index (χ1) is 8.19. The molecule has 17 heavy (non-hydrogen) atoms. The lowest BCUT2D eigenvalue weighted by Crippen LogP contribution is -2.13. The van der Waals surface area contributed by atoms with E-state index in [1.165, 1.54) is 0 Å². The van der Waals surface area contributed by atoms with Crippen LogP contribution in [0.1, 0.15) is 16.1 Å². The number of nitrogens with zero attached hydrogens (tertiary/aromatic N) is 3. The Labute approximate surface area is 98.5 Å². The summed E-state index contributed by atoms with van der Waals surface area (Å²) < 4.78 is 1.62. The van der Waals surface area contributed by atoms with E-state index in [2.05, 4.69) is 15.4 Å². The van der Waals surface area contributed by atoms with Crippen LogP contribution in [0.15, 0.2) is 30.6 Å². The van der Waals surface area contributed by atoms with E-state index in [0.717, 1.165) is 0 Å². The maximum Gasteiger partial charge on any atom is 0.256 e. The average Bonchev–Trinajstić information content (AvgIpc) is 2.75. The Bertz CT molecular complexity index is 534. The van der Waals surface area contributed by atoms with Crippen molar-refractivity contribution in [3.8, 4) is 0 Å². The minimum atomic E-state index is -0.221. The van der Waals surface area contributed by atoms with Crippen LogP contribution in [0.3, 0.4) is 0 Å². The summed E-state index contributed by atoms with van der Waals surface area (Å²) in [5, 5.41) is 6.75. The fraction of sp³-hybridized carbons (Fsp3) is 0.182. The molecule has 6 nitrogen and oxygen atoms in total. The van der Waals surface area contributed by atoms with Crippen molar-refractivity contribution in [2.24, 2.45) is 12.8 Å². The second-order valence-electron chi connectivity index (χ2n) is 3.57. The van der Waals surface area contributed by atoms with Gasteiger partial charge in [-0.3, -0.25) is 14.5 Å². The summed E-state index contributed by atoms with van der Waals surface area (Å²) in [5.74, 6) is 0.296. The molecule has 0 radical (unpaired) electrons. The first-order valence-corrected chi connectivity index (χ1v) is 5.15. The molecule has 88 valence electrons. The molecule has 0 unspecified atom stereocenters. The third kappa shape index (κ3) is 2.67. The number of hydrogen-bond acceptors (Lipinski definition) is 4. The van der Waals surface area contributed by atoms with E-state index in [1.54, 1.807) is 42.3 Å². The summed E-state index contributed by atoms with van der Waals surface area (Å²) >= 11 is 0. The molecule has 0 aromatic carbocycles. The lowest BCUT2D eigenvalue weighted by molar-refractivity contribution is 0.102. The van der Waals surface area contributed by atoms with Gasteiger partial charge in [-0.05, 0) is 12.1 Å². The highest BCUT2D eigenvalue weighted by atomic mass is 16.1. The molecule has 2 aromatic heterocycles. The molecule has 1 amide bonds. The van der Waals surface area contributed by atoms with Crippen LogP contribution in [0, 0.1) is 0 Å². The van der Waals surface area contributed by atoms with E-state index in [4.69, 9.17) is 5.73 Å². The number of hydrogen-bond donors (Lipinski definition) is 2. The van der Waals surface area contributed by atoms with Gasteiger partial charge in [-0.1, -0.05) is 0 Å². The van der Waals surface area contributed by atoms with Gasteiger partial charge in [-0.25, -0.2) is 0 Å². The van der Waals surface area contributed by atoms with Crippen LogP contribution in [-0.4, -0.2) is 20.7 Å². The first-order valence-electron chi connectivity index (χ1n) is 5.15. The fourth-order valence-electron chi connectivity index (χ4n) is 1.40. The number of pyridine rings is 1. The third-order valence-electron chi connectivity index (χ3n) is 2.24. The second kappa shape index (κ2) is 4.75. The van der Waals surface area contributed by atoms with Crippen molar-refractivity contribution in [2.45, 2.75) is 6.54 Å². The summed E-state index contributed by atoms with van der Waals surface area (Å²) in [6.07, 6.45) is 3.32. The number of aryl methyl sites for hydroxylation is 1. The monoisotopic (exact) mass is 231 g/mol. The Morgan fingerprint density at radius 2 is 2.35 bits per heavy atom. The van der Waals surface area contributed by atoms with Crippen molar-refractivity contribution in [3.05, 3.63) is 41.9 Å². The summed E-state index contributed by atoms with van der Waals surface area (Å²) in [5.41, 5.74) is 6.66. The minimum absolute atomic E-state index is 0.221. The van der Waals surface area contributed by atoms with Crippen molar-refractivity contribution in [1.29, 1.82) is 0 Å². The molecule has 2 rings (SSSR count). The number of aromatic nitrogens is 3. The van der Waals surface area contributed by atoms with Crippen LogP contribution < -0.4 is 11.1 Å². The smallest absolute Gasteiger partial charge is 0.256 e. The van der Waals surface area contributed by atoms with Crippen LogP contribution in [-0.2, 0) is 13.6 Å². The second-order valence-corrected chi connectivity index (χ2v) is 3.57. The Morgan fingerprint density at radius 1 is 1.53 bits per heavy atom. The quantitative estimate of drug-likeness (QED) is 0.806. The van der Waals surface area contributed by atoms with E-state index in [-0.39, 0.29) is 5.91 Å². The van der Waals surface area contributed by atoms with Gasteiger partial charge in [0.25, 0.3) is 5.91 Å². The summed E-state index contributed by atoms with van der Waals surface area (Å²) in [6, 6.07) is 5.03. The number of carbonyl (C=O) groups is 1. The normalized spacial score (nSPS) is 10.2. The molecular formula is C11H13N5O. The van der Waals surface area contributed by atoms with Gasteiger partial charge < -0.3 is 11.1 Å². The molecule has 0 spiro atoms. The summed E-state index contributed by atoms with van der Waals surface area (Å²) in [4.78, 5) is 15.9. The lowest BCUT2D eigenvalue weighted by atomic mass is 10.2. The van der Waals surface area contributed by atoms with Gasteiger partial charge in [0.1, 0.15) is 0 Å². The van der Waals surface area contributed by atoms with Gasteiger partial charge in [0.2, 0.25) is 0 Å². The molecule has 0 bridgehead atoms. The molecule has 0 aliphatic rings. The van der Waals surface area contributed by atoms with E-state index < -0.39 is 0 Å². The van der Waals surface area contributed by atoms with Gasteiger partial charge in [0.05, 0.1) is 5.69 Å². The maximum atomic E-state index is 11.9. The zero-order chi connectivity index (χ0) is 12.3. The topological polar surface area (TPSA) is 85.8 Å². The van der Waals surface area contributed by atoms with Crippen molar-refractivity contribution < 1.29 is 4.79 Å². The number of amides is 1. The summed E-state index contributed by atoms with van der Waals surface area (Å²) in [6.45, 7) is 0.310. The molecule has 2 aromatic rings. The molecule has 6 heteroatoms. The molecule has 0 atom stereocenters. The molecule has 0 aliphatic carbocycles. The van der Waals surface area contributed by atoms with Crippen molar-refractivity contribution in [1.82, 2.24) is 14.8 Å². The highest BCUT2D eigenvalue weighted by Gasteiger charge is 2.08. The molecule has 2 heterocycles. The standard InChI is InChI=1S/C11H13N5O/c1-16-5-3-10(15-16)14-11(17)8-2-4-13-9(6-8)7-12/h2-6H,7,12H2,1H3,(H,14,15,17). The van der Waals surface area contributed by atoms with Crippen molar-refractivity contribution in [3.63, 3.8) is 0 Å². The van der Waals surface area contributed by atoms with E-state index in [1.807, 2.05) is 0 Å². The number of carbonyl (C=O) groups excluding carboxylic acids is 1. The largest absolute Gasteiger partial charge is 0.325 e. The number of nitrogens with two attached hydrogens (primary N) is 1. The minimum Gasteiger partial charge on any atom is -0.325 e. The van der Waals surface area contributed by atoms with E-state index in [0.29, 0.717) is 23.6 Å². The zero-order valence-corrected chi connectivity index (χ0v) is 9.42. The molecule has 3 N–H and O–H groups in total. The van der Waals surface area contributed by atoms with Crippen LogP contribution in [0.2, 0.25) is 0 Å². The Kier molecular flexibility index (Phi) is 3.15. The number of rotatable bonds is 3. The molecular weight excluding hydrogens is 218 g/mol. The van der Waals surface area contributed by atoms with Gasteiger partial charge in [-0.2, -0.15) is 5.10 Å². The third-order valence-corrected chi connectivity index (χ3v) is 2.24. The SMILES string of the molecule is Cn1ccc(NC(=O)c2ccnc(CN)c2)n1. The Morgan fingerprint density at radius 3 is 3.00 bits per heavy atom. The highest BCUT2D eigenvalue weighted by molar-refractivity contribution is 6.03. The number of anilines is 1. The first kappa shape index (κ1) is 11.3. The Hall–Kier alpha value is -2.21. The molecule has 0 aliphatic heterocycles. The van der Waals surface area contributed by atoms with Crippen molar-refractivity contribution in [2.75, 3.05) is 5.32 Å². The lowest BCUT2D eigenvalue weighted by Gasteiger charge is -2.03.